The van der Waals surface area contributed by atoms with E-state index in [2.05, 4.69) is 6.92 Å². The molecule has 0 spiro atoms. The number of amides is 1. The van der Waals surface area contributed by atoms with Crippen molar-refractivity contribution in [1.29, 1.82) is 0 Å². The Morgan fingerprint density at radius 2 is 2.17 bits per heavy atom. The number of hydrogen-bond acceptors (Lipinski definition) is 4. The number of halogens is 2. The lowest BCUT2D eigenvalue weighted by atomic mass is 9.81. The van der Waals surface area contributed by atoms with Crippen molar-refractivity contribution in [2.45, 2.75) is 32.1 Å². The third kappa shape index (κ3) is 2.81. The number of nitrogens with two attached hydrogens (primary N) is 1. The maximum Gasteiger partial charge on any atom is 0.271 e. The average Bonchev–Trinajstić information content (AvgIpc) is 2.88. The third-order valence-electron chi connectivity index (χ3n) is 4.75. The number of nitrogens with one attached hydrogen (secondary N) is 1. The van der Waals surface area contributed by atoms with Gasteiger partial charge >= 0.3 is 0 Å². The smallest absolute Gasteiger partial charge is 0.271 e. The Labute approximate surface area is 150 Å². The Morgan fingerprint density at radius 3 is 2.83 bits per heavy atom. The lowest BCUT2D eigenvalue weighted by molar-refractivity contribution is -0.123. The van der Waals surface area contributed by atoms with Gasteiger partial charge in [0.25, 0.3) is 5.91 Å². The van der Waals surface area contributed by atoms with Gasteiger partial charge in [0, 0.05) is 12.0 Å². The van der Waals surface area contributed by atoms with E-state index in [1.54, 1.807) is 6.08 Å². The van der Waals surface area contributed by atoms with Gasteiger partial charge in [-0.3, -0.25) is 15.0 Å². The molecule has 2 aliphatic rings. The highest BCUT2D eigenvalue weighted by molar-refractivity contribution is 6.44. The third-order valence-corrected chi connectivity index (χ3v) is 5.60. The van der Waals surface area contributed by atoms with Crippen LogP contribution in [0.4, 0.5) is 0 Å². The Morgan fingerprint density at radius 1 is 1.42 bits per heavy atom. The van der Waals surface area contributed by atoms with Crippen LogP contribution in [0.2, 0.25) is 10.0 Å². The Bertz CT molecular complexity index is 746. The first-order chi connectivity index (χ1) is 11.5. The standard InChI is InChI=1S/C17H18Cl2N2O3/c1-2-9-10-4-3-8(22)5-11(10)15-12(9)6-13(16(18)17(15)19)24-7-14(23)21-20/h5-6,9-10H,2-4,7,20H2,1H3,(H,21,23)/t9-,10?/m1/s1. The van der Waals surface area contributed by atoms with Crippen molar-refractivity contribution in [1.82, 2.24) is 5.43 Å². The van der Waals surface area contributed by atoms with Crippen molar-refractivity contribution in [2.75, 3.05) is 6.61 Å². The van der Waals surface area contributed by atoms with Gasteiger partial charge in [0.1, 0.15) is 10.8 Å². The second-order valence-electron chi connectivity index (χ2n) is 6.05. The van der Waals surface area contributed by atoms with Crippen LogP contribution in [0.5, 0.6) is 5.75 Å². The first-order valence-electron chi connectivity index (χ1n) is 7.86. The van der Waals surface area contributed by atoms with Crippen molar-refractivity contribution >= 4 is 40.5 Å². The molecule has 24 heavy (non-hydrogen) atoms. The number of hydrazine groups is 1. The first kappa shape index (κ1) is 17.3. The molecule has 0 heterocycles. The van der Waals surface area contributed by atoms with Gasteiger partial charge in [-0.1, -0.05) is 30.1 Å². The molecule has 1 aromatic rings. The summed E-state index contributed by atoms with van der Waals surface area (Å²) in [5.74, 6) is 5.61. The predicted molar refractivity (Wildman–Crippen MR) is 93.0 cm³/mol. The lowest BCUT2D eigenvalue weighted by Gasteiger charge is -2.22. The van der Waals surface area contributed by atoms with E-state index in [1.807, 2.05) is 11.5 Å². The zero-order chi connectivity index (χ0) is 17.4. The molecule has 3 N–H and O–H groups in total. The highest BCUT2D eigenvalue weighted by Crippen LogP contribution is 2.56. The van der Waals surface area contributed by atoms with Crippen LogP contribution in [-0.2, 0) is 9.59 Å². The van der Waals surface area contributed by atoms with Gasteiger partial charge < -0.3 is 4.74 Å². The molecule has 1 aromatic carbocycles. The quantitative estimate of drug-likeness (QED) is 0.485. The molecule has 0 bridgehead atoms. The molecule has 128 valence electrons. The fourth-order valence-corrected chi connectivity index (χ4v) is 4.21. The number of ketones is 1. The monoisotopic (exact) mass is 368 g/mol. The second kappa shape index (κ2) is 6.75. The molecule has 1 amide bonds. The van der Waals surface area contributed by atoms with E-state index < -0.39 is 5.91 Å². The maximum absolute atomic E-state index is 11.9. The summed E-state index contributed by atoms with van der Waals surface area (Å²) in [7, 11) is 0. The molecule has 3 rings (SSSR count). The summed E-state index contributed by atoms with van der Waals surface area (Å²) in [4.78, 5) is 23.1. The van der Waals surface area contributed by atoms with E-state index in [-0.39, 0.29) is 29.2 Å². The van der Waals surface area contributed by atoms with Crippen molar-refractivity contribution < 1.29 is 14.3 Å². The topological polar surface area (TPSA) is 81.4 Å². The van der Waals surface area contributed by atoms with E-state index >= 15 is 0 Å². The zero-order valence-electron chi connectivity index (χ0n) is 13.2. The maximum atomic E-state index is 11.9. The van der Waals surface area contributed by atoms with E-state index in [0.29, 0.717) is 17.2 Å². The summed E-state index contributed by atoms with van der Waals surface area (Å²) >= 11 is 12.8. The van der Waals surface area contributed by atoms with Crippen LogP contribution in [0, 0.1) is 5.92 Å². The van der Waals surface area contributed by atoms with Crippen LogP contribution in [0.3, 0.4) is 0 Å². The fraction of sp³-hybridized carbons (Fsp3) is 0.412. The number of benzene rings is 1. The second-order valence-corrected chi connectivity index (χ2v) is 6.80. The number of rotatable bonds is 4. The van der Waals surface area contributed by atoms with Crippen LogP contribution in [0.1, 0.15) is 43.2 Å². The van der Waals surface area contributed by atoms with Gasteiger partial charge in [0.05, 0.1) is 5.02 Å². The van der Waals surface area contributed by atoms with Gasteiger partial charge in [-0.05, 0) is 48.0 Å². The fourth-order valence-electron chi connectivity index (χ4n) is 3.70. The SMILES string of the molecule is CC[C@H]1c2cc(OCC(=O)NN)c(Cl)c(Cl)c2C2=CC(=O)CCC21. The normalized spacial score (nSPS) is 21.8. The van der Waals surface area contributed by atoms with E-state index in [9.17, 15) is 9.59 Å². The number of fused-ring (bicyclic) bond motifs is 3. The molecule has 0 fully saturated rings. The van der Waals surface area contributed by atoms with Gasteiger partial charge in [0.15, 0.2) is 12.4 Å². The minimum absolute atomic E-state index is 0.121. The lowest BCUT2D eigenvalue weighted by Crippen LogP contribution is -2.34. The van der Waals surface area contributed by atoms with Crippen molar-refractivity contribution in [3.8, 4) is 5.75 Å². The Kier molecular flexibility index (Phi) is 4.85. The van der Waals surface area contributed by atoms with Crippen LogP contribution in [-0.4, -0.2) is 18.3 Å². The molecule has 0 aromatic heterocycles. The molecule has 0 radical (unpaired) electrons. The van der Waals surface area contributed by atoms with Crippen molar-refractivity contribution in [3.63, 3.8) is 0 Å². The molecule has 2 atom stereocenters. The van der Waals surface area contributed by atoms with E-state index in [1.165, 1.54) is 0 Å². The highest BCUT2D eigenvalue weighted by Gasteiger charge is 2.40. The molecule has 5 nitrogen and oxygen atoms in total. The van der Waals surface area contributed by atoms with Crippen molar-refractivity contribution in [3.05, 3.63) is 33.3 Å². The van der Waals surface area contributed by atoms with Gasteiger partial charge in [0.2, 0.25) is 0 Å². The van der Waals surface area contributed by atoms with Crippen LogP contribution >= 0.6 is 23.2 Å². The number of allylic oxidation sites excluding steroid dienone is 2. The largest absolute Gasteiger partial charge is 0.482 e. The summed E-state index contributed by atoms with van der Waals surface area (Å²) in [5.41, 5.74) is 4.86. The van der Waals surface area contributed by atoms with E-state index in [4.69, 9.17) is 33.8 Å². The van der Waals surface area contributed by atoms with Gasteiger partial charge in [-0.2, -0.15) is 0 Å². The van der Waals surface area contributed by atoms with Crippen LogP contribution in [0.25, 0.3) is 5.57 Å². The Balaban J connectivity index is 2.07. The Hall–Kier alpha value is -1.56. The van der Waals surface area contributed by atoms with E-state index in [0.717, 1.165) is 29.5 Å². The molecule has 1 unspecified atom stereocenters. The minimum atomic E-state index is -0.461. The predicted octanol–water partition coefficient (Wildman–Crippen LogP) is 3.23. The molecule has 0 aliphatic heterocycles. The summed E-state index contributed by atoms with van der Waals surface area (Å²) in [6, 6.07) is 1.84. The average molecular weight is 369 g/mol. The summed E-state index contributed by atoms with van der Waals surface area (Å²) in [6.45, 7) is 1.87. The molecule has 7 heteroatoms. The molecular weight excluding hydrogens is 351 g/mol. The number of carbonyl (C=O) groups excluding carboxylic acids is 2. The molecule has 2 aliphatic carbocycles. The van der Waals surface area contributed by atoms with Crippen LogP contribution < -0.4 is 16.0 Å². The van der Waals surface area contributed by atoms with Crippen LogP contribution in [0.15, 0.2) is 12.1 Å². The summed E-state index contributed by atoms with van der Waals surface area (Å²) < 4.78 is 5.47. The van der Waals surface area contributed by atoms with Gasteiger partial charge in [-0.15, -0.1) is 0 Å². The number of carbonyl (C=O) groups is 2. The number of hydrogen-bond donors (Lipinski definition) is 2. The van der Waals surface area contributed by atoms with Crippen molar-refractivity contribution in [2.24, 2.45) is 11.8 Å². The summed E-state index contributed by atoms with van der Waals surface area (Å²) in [5, 5.41) is 0.619. The minimum Gasteiger partial charge on any atom is -0.482 e. The number of ether oxygens (including phenoxy) is 1. The first-order valence-corrected chi connectivity index (χ1v) is 8.62. The molecular formula is C17H18Cl2N2O3. The molecule has 0 saturated carbocycles. The highest BCUT2D eigenvalue weighted by atomic mass is 35.5. The molecule has 0 saturated heterocycles. The summed E-state index contributed by atoms with van der Waals surface area (Å²) in [6.07, 6.45) is 4.00. The zero-order valence-corrected chi connectivity index (χ0v) is 14.7. The van der Waals surface area contributed by atoms with Gasteiger partial charge in [-0.25, -0.2) is 5.84 Å².